The molecular formula is C18H21FN4O2. The van der Waals surface area contributed by atoms with E-state index in [4.69, 9.17) is 0 Å². The van der Waals surface area contributed by atoms with Crippen molar-refractivity contribution >= 4 is 28.5 Å². The number of nitrogens with zero attached hydrogens (tertiary/aromatic N) is 2. The van der Waals surface area contributed by atoms with Crippen molar-refractivity contribution in [3.63, 3.8) is 0 Å². The highest BCUT2D eigenvalue weighted by Crippen LogP contribution is 2.31. The Balaban J connectivity index is 1.66. The van der Waals surface area contributed by atoms with Crippen LogP contribution in [-0.2, 0) is 11.3 Å². The summed E-state index contributed by atoms with van der Waals surface area (Å²) >= 11 is 0. The maximum absolute atomic E-state index is 15.0. The first-order valence-electron chi connectivity index (χ1n) is 8.65. The number of carbonyl (C=O) groups excluding carboxylic acids is 2. The molecule has 0 saturated carbocycles. The monoisotopic (exact) mass is 344 g/mol. The minimum absolute atomic E-state index is 0.254. The van der Waals surface area contributed by atoms with Crippen LogP contribution in [0.2, 0.25) is 0 Å². The lowest BCUT2D eigenvalue weighted by atomic mass is 9.96. The highest BCUT2D eigenvalue weighted by atomic mass is 19.1. The molecule has 2 aromatic rings. The number of anilines is 1. The third-order valence-electron chi connectivity index (χ3n) is 5.01. The van der Waals surface area contributed by atoms with Crippen molar-refractivity contribution in [1.82, 2.24) is 15.2 Å². The SMILES string of the molecule is O=C1CCN(c2cccc3c2ccn3CC2(F)CCCNC2)C(=O)N1. The van der Waals surface area contributed by atoms with Gasteiger partial charge in [0.1, 0.15) is 5.67 Å². The van der Waals surface area contributed by atoms with Crippen LogP contribution < -0.4 is 15.5 Å². The Hall–Kier alpha value is -2.41. The van der Waals surface area contributed by atoms with Gasteiger partial charge >= 0.3 is 6.03 Å². The van der Waals surface area contributed by atoms with E-state index >= 15 is 4.39 Å². The van der Waals surface area contributed by atoms with E-state index in [0.717, 1.165) is 29.6 Å². The number of piperidine rings is 1. The molecule has 1 atom stereocenters. The summed E-state index contributed by atoms with van der Waals surface area (Å²) in [5.41, 5.74) is 0.385. The van der Waals surface area contributed by atoms with E-state index in [1.165, 1.54) is 0 Å². The predicted octanol–water partition coefficient (Wildman–Crippen LogP) is 2.18. The summed E-state index contributed by atoms with van der Waals surface area (Å²) in [5, 5.41) is 6.36. The van der Waals surface area contributed by atoms with Crippen LogP contribution in [0, 0.1) is 0 Å². The molecule has 1 aromatic heterocycles. The van der Waals surface area contributed by atoms with Gasteiger partial charge in [0, 0.05) is 31.1 Å². The van der Waals surface area contributed by atoms with Crippen LogP contribution in [0.4, 0.5) is 14.9 Å². The number of fused-ring (bicyclic) bond motifs is 1. The van der Waals surface area contributed by atoms with E-state index in [2.05, 4.69) is 10.6 Å². The first-order chi connectivity index (χ1) is 12.1. The molecule has 1 unspecified atom stereocenters. The molecular weight excluding hydrogens is 323 g/mol. The molecule has 2 N–H and O–H groups in total. The number of halogens is 1. The zero-order valence-corrected chi connectivity index (χ0v) is 13.9. The molecule has 2 saturated heterocycles. The first kappa shape index (κ1) is 16.1. The fourth-order valence-electron chi connectivity index (χ4n) is 3.75. The number of carbonyl (C=O) groups is 2. The molecule has 0 spiro atoms. The van der Waals surface area contributed by atoms with Gasteiger partial charge in [-0.1, -0.05) is 6.07 Å². The van der Waals surface area contributed by atoms with Gasteiger partial charge < -0.3 is 9.88 Å². The van der Waals surface area contributed by atoms with Gasteiger partial charge in [0.15, 0.2) is 0 Å². The highest BCUT2D eigenvalue weighted by Gasteiger charge is 2.33. The minimum Gasteiger partial charge on any atom is -0.344 e. The number of hydrogen-bond acceptors (Lipinski definition) is 3. The van der Waals surface area contributed by atoms with Gasteiger partial charge in [-0.15, -0.1) is 0 Å². The normalized spacial score (nSPS) is 24.6. The highest BCUT2D eigenvalue weighted by molar-refractivity contribution is 6.09. The predicted molar refractivity (Wildman–Crippen MR) is 93.4 cm³/mol. The standard InChI is InChI=1S/C18H21FN4O2/c19-18(7-2-8-20-11-18)12-22-9-5-13-14(22)3-1-4-15(13)23-10-6-16(24)21-17(23)25/h1,3-5,9,20H,2,6-8,10-12H2,(H,21,24,25). The van der Waals surface area contributed by atoms with Crippen LogP contribution in [-0.4, -0.2) is 41.8 Å². The van der Waals surface area contributed by atoms with Gasteiger partial charge in [0.05, 0.1) is 17.7 Å². The summed E-state index contributed by atoms with van der Waals surface area (Å²) in [5.74, 6) is -0.254. The first-order valence-corrected chi connectivity index (χ1v) is 8.65. The van der Waals surface area contributed by atoms with Crippen molar-refractivity contribution in [3.05, 3.63) is 30.5 Å². The molecule has 25 heavy (non-hydrogen) atoms. The number of nitrogens with one attached hydrogen (secondary N) is 2. The zero-order valence-electron chi connectivity index (χ0n) is 13.9. The number of rotatable bonds is 3. The van der Waals surface area contributed by atoms with Gasteiger partial charge in [-0.2, -0.15) is 0 Å². The van der Waals surface area contributed by atoms with Crippen molar-refractivity contribution in [2.45, 2.75) is 31.5 Å². The lowest BCUT2D eigenvalue weighted by molar-refractivity contribution is -0.120. The van der Waals surface area contributed by atoms with Crippen LogP contribution in [0.3, 0.4) is 0 Å². The second-order valence-corrected chi connectivity index (χ2v) is 6.84. The minimum atomic E-state index is -1.25. The number of aromatic nitrogens is 1. The van der Waals surface area contributed by atoms with Crippen molar-refractivity contribution in [2.75, 3.05) is 24.5 Å². The van der Waals surface area contributed by atoms with Crippen molar-refractivity contribution in [2.24, 2.45) is 0 Å². The fourth-order valence-corrected chi connectivity index (χ4v) is 3.75. The largest absolute Gasteiger partial charge is 0.344 e. The van der Waals surface area contributed by atoms with Crippen molar-refractivity contribution < 1.29 is 14.0 Å². The summed E-state index contributed by atoms with van der Waals surface area (Å²) in [7, 11) is 0. The molecule has 6 nitrogen and oxygen atoms in total. The Morgan fingerprint density at radius 1 is 1.24 bits per heavy atom. The van der Waals surface area contributed by atoms with Crippen molar-refractivity contribution in [1.29, 1.82) is 0 Å². The molecule has 3 heterocycles. The molecule has 1 aromatic carbocycles. The van der Waals surface area contributed by atoms with Gasteiger partial charge in [-0.3, -0.25) is 15.0 Å². The summed E-state index contributed by atoms with van der Waals surface area (Å²) in [6, 6.07) is 7.16. The van der Waals surface area contributed by atoms with E-state index in [-0.39, 0.29) is 18.9 Å². The van der Waals surface area contributed by atoms with E-state index in [1.54, 1.807) is 4.90 Å². The van der Waals surface area contributed by atoms with Crippen molar-refractivity contribution in [3.8, 4) is 0 Å². The van der Waals surface area contributed by atoms with Gasteiger partial charge in [-0.25, -0.2) is 9.18 Å². The third-order valence-corrected chi connectivity index (χ3v) is 5.01. The van der Waals surface area contributed by atoms with E-state index in [9.17, 15) is 9.59 Å². The number of hydrogen-bond donors (Lipinski definition) is 2. The zero-order chi connectivity index (χ0) is 17.4. The average Bonchev–Trinajstić information content (AvgIpc) is 2.98. The number of imide groups is 1. The molecule has 2 fully saturated rings. The molecule has 0 aliphatic carbocycles. The second kappa shape index (κ2) is 6.15. The maximum atomic E-state index is 15.0. The Labute approximate surface area is 145 Å². The average molecular weight is 344 g/mol. The summed E-state index contributed by atoms with van der Waals surface area (Å²) in [6.07, 6.45) is 3.54. The van der Waals surface area contributed by atoms with Crippen LogP contribution in [0.15, 0.2) is 30.5 Å². The van der Waals surface area contributed by atoms with E-state index < -0.39 is 11.7 Å². The Bertz CT molecular complexity index is 826. The molecule has 3 amide bonds. The molecule has 0 bridgehead atoms. The van der Waals surface area contributed by atoms with Crippen LogP contribution >= 0.6 is 0 Å². The van der Waals surface area contributed by atoms with E-state index in [1.807, 2.05) is 35.0 Å². The third kappa shape index (κ3) is 3.00. The van der Waals surface area contributed by atoms with Gasteiger partial charge in [0.2, 0.25) is 5.91 Å². The Kier molecular flexibility index (Phi) is 3.95. The van der Waals surface area contributed by atoms with Crippen LogP contribution in [0.1, 0.15) is 19.3 Å². The lowest BCUT2D eigenvalue weighted by Gasteiger charge is -2.31. The fraction of sp³-hybridized carbons (Fsp3) is 0.444. The summed E-state index contributed by atoms with van der Waals surface area (Å²) in [4.78, 5) is 25.1. The maximum Gasteiger partial charge on any atom is 0.328 e. The molecule has 2 aliphatic rings. The van der Waals surface area contributed by atoms with E-state index in [0.29, 0.717) is 19.5 Å². The Morgan fingerprint density at radius 2 is 2.12 bits per heavy atom. The Morgan fingerprint density at radius 3 is 2.88 bits per heavy atom. The molecule has 0 radical (unpaired) electrons. The molecule has 4 rings (SSSR count). The van der Waals surface area contributed by atoms with Crippen LogP contribution in [0.25, 0.3) is 10.9 Å². The molecule has 132 valence electrons. The smallest absolute Gasteiger partial charge is 0.328 e. The molecule has 2 aliphatic heterocycles. The van der Waals surface area contributed by atoms with Crippen LogP contribution in [0.5, 0.6) is 0 Å². The lowest BCUT2D eigenvalue weighted by Crippen LogP contribution is -2.49. The quantitative estimate of drug-likeness (QED) is 0.897. The topological polar surface area (TPSA) is 66.4 Å². The summed E-state index contributed by atoms with van der Waals surface area (Å²) in [6.45, 7) is 1.87. The van der Waals surface area contributed by atoms with Gasteiger partial charge in [0.25, 0.3) is 0 Å². The van der Waals surface area contributed by atoms with Gasteiger partial charge in [-0.05, 0) is 37.6 Å². The second-order valence-electron chi connectivity index (χ2n) is 6.84. The number of alkyl halides is 1. The number of benzene rings is 1. The summed E-state index contributed by atoms with van der Waals surface area (Å²) < 4.78 is 16.9. The molecule has 7 heteroatoms. The number of urea groups is 1. The number of amides is 3.